The van der Waals surface area contributed by atoms with Gasteiger partial charge in [0, 0.05) is 37.1 Å². The second-order valence-corrected chi connectivity index (χ2v) is 8.08. The normalized spacial score (nSPS) is 12.0. The molecule has 0 saturated carbocycles. The summed E-state index contributed by atoms with van der Waals surface area (Å²) in [5.74, 6) is 0.0165. The van der Waals surface area contributed by atoms with Crippen LogP contribution in [0.5, 0.6) is 0 Å². The second-order valence-electron chi connectivity index (χ2n) is 6.77. The molecule has 1 atom stereocenters. The number of amides is 2. The molecule has 8 nitrogen and oxygen atoms in total. The summed E-state index contributed by atoms with van der Waals surface area (Å²) in [6, 6.07) is 6.83. The van der Waals surface area contributed by atoms with Crippen molar-refractivity contribution in [1.82, 2.24) is 14.8 Å². The molecule has 3 N–H and O–H groups in total. The molecule has 0 unspecified atom stereocenters. The third kappa shape index (κ3) is 5.66. The van der Waals surface area contributed by atoms with Gasteiger partial charge < -0.3 is 15.6 Å². The molecule has 150 valence electrons. The van der Waals surface area contributed by atoms with Gasteiger partial charge in [0.2, 0.25) is 11.8 Å². The van der Waals surface area contributed by atoms with Crippen LogP contribution in [0, 0.1) is 5.92 Å². The topological polar surface area (TPSA) is 120 Å². The van der Waals surface area contributed by atoms with Crippen LogP contribution in [0.15, 0.2) is 29.4 Å². The molecule has 28 heavy (non-hydrogen) atoms. The summed E-state index contributed by atoms with van der Waals surface area (Å²) >= 11 is 1.30. The number of carbonyl (C=O) groups is 3. The van der Waals surface area contributed by atoms with Crippen LogP contribution in [0.4, 0.5) is 5.69 Å². The summed E-state index contributed by atoms with van der Waals surface area (Å²) in [7, 11) is 1.79. The van der Waals surface area contributed by atoms with E-state index in [-0.39, 0.29) is 29.3 Å². The maximum atomic E-state index is 12.7. The lowest BCUT2D eigenvalue weighted by atomic mass is 10.1. The van der Waals surface area contributed by atoms with E-state index in [1.165, 1.54) is 11.8 Å². The van der Waals surface area contributed by atoms with Crippen molar-refractivity contribution in [1.29, 1.82) is 0 Å². The SMILES string of the molecule is CC(C)C(=O)Nc1ccc(C(=O)[C@@H](C)Sc2nnc(CCC(N)=O)n2C)cc1. The number of Topliss-reactive ketones (excluding diaryl/α,β-unsaturated/α-hetero) is 1. The van der Waals surface area contributed by atoms with E-state index in [2.05, 4.69) is 15.5 Å². The lowest BCUT2D eigenvalue weighted by molar-refractivity contribution is -0.119. The molecule has 9 heteroatoms. The van der Waals surface area contributed by atoms with E-state index in [1.54, 1.807) is 42.8 Å². The smallest absolute Gasteiger partial charge is 0.226 e. The van der Waals surface area contributed by atoms with Crippen LogP contribution in [-0.4, -0.2) is 37.6 Å². The quantitative estimate of drug-likeness (QED) is 0.489. The highest BCUT2D eigenvalue weighted by Crippen LogP contribution is 2.25. The van der Waals surface area contributed by atoms with Crippen LogP contribution >= 0.6 is 11.8 Å². The van der Waals surface area contributed by atoms with Crippen LogP contribution in [0.1, 0.15) is 43.4 Å². The van der Waals surface area contributed by atoms with Crippen molar-refractivity contribution in [2.75, 3.05) is 5.32 Å². The number of anilines is 1. The fourth-order valence-electron chi connectivity index (χ4n) is 2.35. The summed E-state index contributed by atoms with van der Waals surface area (Å²) in [5, 5.41) is 11.2. The van der Waals surface area contributed by atoms with Crippen LogP contribution in [0.3, 0.4) is 0 Å². The third-order valence-electron chi connectivity index (χ3n) is 4.13. The van der Waals surface area contributed by atoms with Gasteiger partial charge in [-0.05, 0) is 31.2 Å². The fraction of sp³-hybridized carbons (Fsp3) is 0.421. The largest absolute Gasteiger partial charge is 0.370 e. The predicted octanol–water partition coefficient (Wildman–Crippen LogP) is 2.19. The number of hydrogen-bond acceptors (Lipinski definition) is 6. The molecule has 0 radical (unpaired) electrons. The number of ketones is 1. The highest BCUT2D eigenvalue weighted by Gasteiger charge is 2.20. The number of benzene rings is 1. The lowest BCUT2D eigenvalue weighted by Crippen LogP contribution is -2.18. The molecule has 2 rings (SSSR count). The number of hydrogen-bond donors (Lipinski definition) is 2. The highest BCUT2D eigenvalue weighted by atomic mass is 32.2. The first-order valence-electron chi connectivity index (χ1n) is 8.97. The van der Waals surface area contributed by atoms with E-state index in [0.29, 0.717) is 28.7 Å². The zero-order valence-electron chi connectivity index (χ0n) is 16.4. The summed E-state index contributed by atoms with van der Waals surface area (Å²) in [5.41, 5.74) is 6.37. The number of rotatable bonds is 9. The Morgan fingerprint density at radius 2 is 1.79 bits per heavy atom. The second kappa shape index (κ2) is 9.50. The fourth-order valence-corrected chi connectivity index (χ4v) is 3.26. The van der Waals surface area contributed by atoms with Gasteiger partial charge in [-0.3, -0.25) is 14.4 Å². The van der Waals surface area contributed by atoms with Crippen molar-refractivity contribution in [3.63, 3.8) is 0 Å². The van der Waals surface area contributed by atoms with Crippen LogP contribution in [0.25, 0.3) is 0 Å². The molecule has 2 aromatic rings. The maximum absolute atomic E-state index is 12.7. The van der Waals surface area contributed by atoms with E-state index in [0.717, 1.165) is 0 Å². The molecule has 0 spiro atoms. The van der Waals surface area contributed by atoms with Gasteiger partial charge in [0.05, 0.1) is 5.25 Å². The van der Waals surface area contributed by atoms with Gasteiger partial charge in [-0.25, -0.2) is 0 Å². The first kappa shape index (κ1) is 21.6. The number of primary amides is 1. The van der Waals surface area contributed by atoms with E-state index < -0.39 is 5.91 Å². The lowest BCUT2D eigenvalue weighted by Gasteiger charge is -2.11. The molecular weight excluding hydrogens is 378 g/mol. The minimum atomic E-state index is -0.395. The zero-order valence-corrected chi connectivity index (χ0v) is 17.2. The van der Waals surface area contributed by atoms with E-state index in [9.17, 15) is 14.4 Å². The van der Waals surface area contributed by atoms with Gasteiger partial charge in [-0.1, -0.05) is 25.6 Å². The summed E-state index contributed by atoms with van der Waals surface area (Å²) < 4.78 is 1.77. The molecule has 0 bridgehead atoms. The Hall–Kier alpha value is -2.68. The Balaban J connectivity index is 2.01. The summed E-state index contributed by atoms with van der Waals surface area (Å²) in [6.45, 7) is 5.44. The Morgan fingerprint density at radius 3 is 2.36 bits per heavy atom. The van der Waals surface area contributed by atoms with Crippen molar-refractivity contribution >= 4 is 35.0 Å². The van der Waals surface area contributed by atoms with Crippen molar-refractivity contribution in [2.45, 2.75) is 44.0 Å². The summed E-state index contributed by atoms with van der Waals surface area (Å²) in [6.07, 6.45) is 0.607. The monoisotopic (exact) mass is 403 g/mol. The van der Waals surface area contributed by atoms with Gasteiger partial charge in [0.15, 0.2) is 10.9 Å². The molecule has 0 saturated heterocycles. The Bertz CT molecular complexity index is 861. The minimum Gasteiger partial charge on any atom is -0.370 e. The minimum absolute atomic E-state index is 0.0478. The maximum Gasteiger partial charge on any atom is 0.226 e. The van der Waals surface area contributed by atoms with Crippen LogP contribution in [-0.2, 0) is 23.1 Å². The number of nitrogens with one attached hydrogen (secondary N) is 1. The van der Waals surface area contributed by atoms with E-state index in [1.807, 2.05) is 13.8 Å². The molecule has 0 aliphatic carbocycles. The van der Waals surface area contributed by atoms with Crippen LogP contribution in [0.2, 0.25) is 0 Å². The Kier molecular flexibility index (Phi) is 7.33. The summed E-state index contributed by atoms with van der Waals surface area (Å²) in [4.78, 5) is 35.4. The third-order valence-corrected chi connectivity index (χ3v) is 5.27. The van der Waals surface area contributed by atoms with Gasteiger partial charge in [0.25, 0.3) is 0 Å². The molecule has 0 aliphatic heterocycles. The highest BCUT2D eigenvalue weighted by molar-refractivity contribution is 8.00. The van der Waals surface area contributed by atoms with Crippen LogP contribution < -0.4 is 11.1 Å². The molecule has 1 heterocycles. The predicted molar refractivity (Wildman–Crippen MR) is 108 cm³/mol. The molecule has 0 aliphatic rings. The van der Waals surface area contributed by atoms with Crippen molar-refractivity contribution in [2.24, 2.45) is 18.7 Å². The number of aryl methyl sites for hydroxylation is 1. The molecule has 1 aromatic carbocycles. The van der Waals surface area contributed by atoms with Crippen molar-refractivity contribution < 1.29 is 14.4 Å². The number of nitrogens with two attached hydrogens (primary N) is 1. The number of carbonyl (C=O) groups excluding carboxylic acids is 3. The zero-order chi connectivity index (χ0) is 20.8. The van der Waals surface area contributed by atoms with E-state index in [4.69, 9.17) is 5.73 Å². The Labute approximate surface area is 168 Å². The van der Waals surface area contributed by atoms with Crippen molar-refractivity contribution in [3.8, 4) is 0 Å². The molecule has 2 amide bonds. The van der Waals surface area contributed by atoms with Gasteiger partial charge >= 0.3 is 0 Å². The first-order valence-corrected chi connectivity index (χ1v) is 9.85. The standard InChI is InChI=1S/C19H25N5O3S/c1-11(2)18(27)21-14-7-5-13(6-8-14)17(26)12(3)28-19-23-22-16(24(19)4)10-9-15(20)25/h5-8,11-12H,9-10H2,1-4H3,(H2,20,25)(H,21,27)/t12-/m1/s1. The average Bonchev–Trinajstić information content (AvgIpc) is 2.99. The number of thioether (sulfide) groups is 1. The average molecular weight is 404 g/mol. The van der Waals surface area contributed by atoms with Gasteiger partial charge in [-0.2, -0.15) is 0 Å². The first-order chi connectivity index (χ1) is 13.2. The van der Waals surface area contributed by atoms with Gasteiger partial charge in [-0.15, -0.1) is 10.2 Å². The number of nitrogens with zero attached hydrogens (tertiary/aromatic N) is 3. The molecule has 0 fully saturated rings. The molecule has 1 aromatic heterocycles. The van der Waals surface area contributed by atoms with Crippen molar-refractivity contribution in [3.05, 3.63) is 35.7 Å². The van der Waals surface area contributed by atoms with E-state index >= 15 is 0 Å². The number of aromatic nitrogens is 3. The Morgan fingerprint density at radius 1 is 1.14 bits per heavy atom. The van der Waals surface area contributed by atoms with Gasteiger partial charge in [0.1, 0.15) is 5.82 Å². The molecular formula is C19H25N5O3S.